The molecule has 1 aromatic carbocycles. The molecule has 18 heavy (non-hydrogen) atoms. The van der Waals surface area contributed by atoms with Crippen molar-refractivity contribution in [3.63, 3.8) is 0 Å². The third-order valence-corrected chi connectivity index (χ3v) is 2.97. The van der Waals surface area contributed by atoms with Gasteiger partial charge in [0.2, 0.25) is 0 Å². The van der Waals surface area contributed by atoms with E-state index < -0.39 is 17.9 Å². The summed E-state index contributed by atoms with van der Waals surface area (Å²) in [5.74, 6) is -0.679. The van der Waals surface area contributed by atoms with Gasteiger partial charge in [0, 0.05) is 5.56 Å². The van der Waals surface area contributed by atoms with E-state index in [9.17, 15) is 14.0 Å². The van der Waals surface area contributed by atoms with Gasteiger partial charge in [0.25, 0.3) is 5.91 Å². The lowest BCUT2D eigenvalue weighted by molar-refractivity contribution is -0.128. The molecule has 1 aliphatic heterocycles. The van der Waals surface area contributed by atoms with Crippen LogP contribution < -0.4 is 5.32 Å². The van der Waals surface area contributed by atoms with E-state index >= 15 is 0 Å². The quantitative estimate of drug-likeness (QED) is 0.831. The maximum Gasteiger partial charge on any atom is 0.325 e. The standard InChI is InChI=1S/C13H15FN2O2/c1-2-5-11-12(17)16(13(18)15-11)8-9-6-3-4-7-10(9)14/h3-4,6-7,11H,2,5,8H2,1H3,(H,15,18). The number of amides is 3. The number of carbonyl (C=O) groups is 2. The largest absolute Gasteiger partial charge is 0.326 e. The van der Waals surface area contributed by atoms with E-state index in [-0.39, 0.29) is 12.5 Å². The molecule has 1 aromatic rings. The Kier molecular flexibility index (Phi) is 3.60. The number of benzene rings is 1. The Morgan fingerprint density at radius 1 is 1.33 bits per heavy atom. The second kappa shape index (κ2) is 5.16. The predicted molar refractivity (Wildman–Crippen MR) is 64.2 cm³/mol. The van der Waals surface area contributed by atoms with Gasteiger partial charge in [-0.15, -0.1) is 0 Å². The third kappa shape index (κ3) is 2.34. The molecule has 0 saturated carbocycles. The van der Waals surface area contributed by atoms with Crippen molar-refractivity contribution < 1.29 is 14.0 Å². The fourth-order valence-electron chi connectivity index (χ4n) is 2.01. The van der Waals surface area contributed by atoms with Crippen LogP contribution in [0, 0.1) is 5.82 Å². The van der Waals surface area contributed by atoms with Gasteiger partial charge in [0.05, 0.1) is 6.54 Å². The molecule has 0 radical (unpaired) electrons. The number of imide groups is 1. The summed E-state index contributed by atoms with van der Waals surface area (Å²) in [5.41, 5.74) is 0.346. The van der Waals surface area contributed by atoms with E-state index in [0.717, 1.165) is 11.3 Å². The first-order chi connectivity index (χ1) is 8.63. The Morgan fingerprint density at radius 2 is 2.06 bits per heavy atom. The molecule has 0 bridgehead atoms. The van der Waals surface area contributed by atoms with Crippen molar-refractivity contribution >= 4 is 11.9 Å². The molecule has 0 aromatic heterocycles. The fourth-order valence-corrected chi connectivity index (χ4v) is 2.01. The van der Waals surface area contributed by atoms with Crippen LogP contribution in [-0.2, 0) is 11.3 Å². The lowest BCUT2D eigenvalue weighted by atomic mass is 10.1. The van der Waals surface area contributed by atoms with Gasteiger partial charge in [0.15, 0.2) is 0 Å². The highest BCUT2D eigenvalue weighted by molar-refractivity contribution is 6.04. The molecule has 1 atom stereocenters. The molecule has 0 spiro atoms. The van der Waals surface area contributed by atoms with E-state index in [0.29, 0.717) is 12.0 Å². The molecular formula is C13H15FN2O2. The third-order valence-electron chi connectivity index (χ3n) is 2.97. The number of urea groups is 1. The van der Waals surface area contributed by atoms with Crippen LogP contribution in [0.1, 0.15) is 25.3 Å². The molecule has 1 unspecified atom stereocenters. The van der Waals surface area contributed by atoms with Crippen LogP contribution in [0.15, 0.2) is 24.3 Å². The molecule has 1 saturated heterocycles. The van der Waals surface area contributed by atoms with Crippen molar-refractivity contribution in [2.75, 3.05) is 0 Å². The second-order valence-electron chi connectivity index (χ2n) is 4.31. The summed E-state index contributed by atoms with van der Waals surface area (Å²) in [5, 5.41) is 2.61. The minimum absolute atomic E-state index is 0.0163. The summed E-state index contributed by atoms with van der Waals surface area (Å²) in [7, 11) is 0. The van der Waals surface area contributed by atoms with Gasteiger partial charge in [-0.05, 0) is 12.5 Å². The van der Waals surface area contributed by atoms with Crippen molar-refractivity contribution in [3.8, 4) is 0 Å². The zero-order chi connectivity index (χ0) is 13.1. The van der Waals surface area contributed by atoms with Crippen LogP contribution in [0.2, 0.25) is 0 Å². The molecular weight excluding hydrogens is 235 g/mol. The number of hydrogen-bond acceptors (Lipinski definition) is 2. The Morgan fingerprint density at radius 3 is 2.72 bits per heavy atom. The van der Waals surface area contributed by atoms with Crippen LogP contribution in [0.5, 0.6) is 0 Å². The van der Waals surface area contributed by atoms with Crippen LogP contribution in [0.3, 0.4) is 0 Å². The van der Waals surface area contributed by atoms with Gasteiger partial charge in [-0.2, -0.15) is 0 Å². The average Bonchev–Trinajstić information content (AvgIpc) is 2.60. The highest BCUT2D eigenvalue weighted by atomic mass is 19.1. The first-order valence-corrected chi connectivity index (χ1v) is 5.98. The van der Waals surface area contributed by atoms with Crippen LogP contribution >= 0.6 is 0 Å². The zero-order valence-corrected chi connectivity index (χ0v) is 10.1. The fraction of sp³-hybridized carbons (Fsp3) is 0.385. The summed E-state index contributed by atoms with van der Waals surface area (Å²) in [6.07, 6.45) is 1.42. The van der Waals surface area contributed by atoms with Crippen LogP contribution in [0.4, 0.5) is 9.18 Å². The normalized spacial score (nSPS) is 19.2. The summed E-state index contributed by atoms with van der Waals surface area (Å²) in [6, 6.07) is 5.24. The summed E-state index contributed by atoms with van der Waals surface area (Å²) in [6.45, 7) is 1.93. The van der Waals surface area contributed by atoms with Gasteiger partial charge >= 0.3 is 6.03 Å². The van der Waals surface area contributed by atoms with Gasteiger partial charge in [-0.25, -0.2) is 9.18 Å². The minimum Gasteiger partial charge on any atom is -0.326 e. The van der Waals surface area contributed by atoms with Gasteiger partial charge < -0.3 is 5.32 Å². The van der Waals surface area contributed by atoms with E-state index in [1.54, 1.807) is 18.2 Å². The smallest absolute Gasteiger partial charge is 0.325 e. The average molecular weight is 250 g/mol. The second-order valence-corrected chi connectivity index (χ2v) is 4.31. The number of nitrogens with zero attached hydrogens (tertiary/aromatic N) is 1. The Hall–Kier alpha value is -1.91. The van der Waals surface area contributed by atoms with Crippen LogP contribution in [0.25, 0.3) is 0 Å². The lowest BCUT2D eigenvalue weighted by Gasteiger charge is -2.13. The minimum atomic E-state index is -0.464. The van der Waals surface area contributed by atoms with E-state index in [2.05, 4.69) is 5.32 Å². The van der Waals surface area contributed by atoms with Crippen molar-refractivity contribution in [2.24, 2.45) is 0 Å². The van der Waals surface area contributed by atoms with Crippen molar-refractivity contribution in [1.29, 1.82) is 0 Å². The van der Waals surface area contributed by atoms with Crippen molar-refractivity contribution in [2.45, 2.75) is 32.4 Å². The van der Waals surface area contributed by atoms with Gasteiger partial charge in [0.1, 0.15) is 11.9 Å². The van der Waals surface area contributed by atoms with Crippen molar-refractivity contribution in [1.82, 2.24) is 10.2 Å². The SMILES string of the molecule is CCCC1NC(=O)N(Cc2ccccc2F)C1=O. The summed E-state index contributed by atoms with van der Waals surface area (Å²) in [4.78, 5) is 24.7. The molecule has 4 nitrogen and oxygen atoms in total. The number of carbonyl (C=O) groups excluding carboxylic acids is 2. The summed E-state index contributed by atoms with van der Waals surface area (Å²) < 4.78 is 13.5. The first-order valence-electron chi connectivity index (χ1n) is 5.98. The number of nitrogens with one attached hydrogen (secondary N) is 1. The van der Waals surface area contributed by atoms with E-state index in [1.807, 2.05) is 6.92 Å². The highest BCUT2D eigenvalue weighted by Crippen LogP contribution is 2.16. The maximum absolute atomic E-state index is 13.5. The molecule has 96 valence electrons. The van der Waals surface area contributed by atoms with E-state index in [1.165, 1.54) is 6.07 Å². The summed E-state index contributed by atoms with van der Waals surface area (Å²) >= 11 is 0. The molecule has 1 aliphatic rings. The zero-order valence-electron chi connectivity index (χ0n) is 10.1. The molecule has 5 heteroatoms. The first kappa shape index (κ1) is 12.5. The monoisotopic (exact) mass is 250 g/mol. The number of hydrogen-bond donors (Lipinski definition) is 1. The predicted octanol–water partition coefficient (Wildman–Crippen LogP) is 2.05. The lowest BCUT2D eigenvalue weighted by Crippen LogP contribution is -2.31. The number of halogens is 1. The molecule has 1 heterocycles. The molecule has 1 N–H and O–H groups in total. The molecule has 3 amide bonds. The topological polar surface area (TPSA) is 49.4 Å². The Labute approximate surface area is 105 Å². The maximum atomic E-state index is 13.5. The molecule has 1 fully saturated rings. The Balaban J connectivity index is 2.12. The highest BCUT2D eigenvalue weighted by Gasteiger charge is 2.37. The molecule has 2 rings (SSSR count). The number of rotatable bonds is 4. The van der Waals surface area contributed by atoms with Gasteiger partial charge in [-0.1, -0.05) is 31.5 Å². The van der Waals surface area contributed by atoms with Gasteiger partial charge in [-0.3, -0.25) is 9.69 Å². The molecule has 0 aliphatic carbocycles. The van der Waals surface area contributed by atoms with Crippen LogP contribution in [-0.4, -0.2) is 22.9 Å². The van der Waals surface area contributed by atoms with E-state index in [4.69, 9.17) is 0 Å². The van der Waals surface area contributed by atoms with Crippen molar-refractivity contribution in [3.05, 3.63) is 35.6 Å². The Bertz CT molecular complexity index is 476.